The normalized spacial score (nSPS) is 23.0. The van der Waals surface area contributed by atoms with E-state index < -0.39 is 0 Å². The van der Waals surface area contributed by atoms with Gasteiger partial charge in [0.25, 0.3) is 0 Å². The lowest BCUT2D eigenvalue weighted by Crippen LogP contribution is -2.42. The van der Waals surface area contributed by atoms with Gasteiger partial charge >= 0.3 is 0 Å². The lowest BCUT2D eigenvalue weighted by molar-refractivity contribution is 0.112. The number of rotatable bonds is 0. The fourth-order valence-electron chi connectivity index (χ4n) is 2.78. The van der Waals surface area contributed by atoms with Crippen LogP contribution in [-0.4, -0.2) is 12.6 Å². The van der Waals surface area contributed by atoms with Gasteiger partial charge in [-0.1, -0.05) is 24.3 Å². The number of para-hydroxylation sites is 1. The second kappa shape index (κ2) is 3.92. The van der Waals surface area contributed by atoms with Crippen molar-refractivity contribution >= 4 is 5.69 Å². The molecule has 2 heterocycles. The second-order valence-corrected chi connectivity index (χ2v) is 5.14. The average molecular weight is 253 g/mol. The van der Waals surface area contributed by atoms with Crippen molar-refractivity contribution in [2.45, 2.75) is 19.1 Å². The highest BCUT2D eigenvalue weighted by Gasteiger charge is 2.36. The summed E-state index contributed by atoms with van der Waals surface area (Å²) in [5, 5.41) is 3.52. The van der Waals surface area contributed by atoms with E-state index in [0.717, 1.165) is 22.7 Å². The number of ether oxygens (including phenoxy) is 2. The zero-order chi connectivity index (χ0) is 12.8. The summed E-state index contributed by atoms with van der Waals surface area (Å²) >= 11 is 0. The molecule has 3 heteroatoms. The molecule has 2 atom stereocenters. The third-order valence-corrected chi connectivity index (χ3v) is 3.74. The number of aryl methyl sites for hydroxylation is 1. The number of nitrogens with one attached hydrogen (secondary N) is 1. The molecule has 0 fully saturated rings. The lowest BCUT2D eigenvalue weighted by atomic mass is 9.97. The van der Waals surface area contributed by atoms with Gasteiger partial charge in [-0.3, -0.25) is 0 Å². The molecule has 0 saturated heterocycles. The minimum absolute atomic E-state index is 0.0271. The van der Waals surface area contributed by atoms with Gasteiger partial charge in [0, 0.05) is 5.56 Å². The first kappa shape index (κ1) is 10.7. The second-order valence-electron chi connectivity index (χ2n) is 5.14. The third kappa shape index (κ3) is 1.65. The van der Waals surface area contributed by atoms with Crippen LogP contribution in [0, 0.1) is 6.92 Å². The van der Waals surface area contributed by atoms with E-state index in [9.17, 15) is 0 Å². The number of hydrogen-bond donors (Lipinski definition) is 1. The van der Waals surface area contributed by atoms with E-state index in [1.165, 1.54) is 5.56 Å². The van der Waals surface area contributed by atoms with Gasteiger partial charge in [-0.05, 0) is 30.7 Å². The van der Waals surface area contributed by atoms with Crippen LogP contribution in [0.15, 0.2) is 42.5 Å². The molecule has 1 N–H and O–H groups in total. The molecule has 0 aromatic heterocycles. The first-order valence-corrected chi connectivity index (χ1v) is 6.57. The zero-order valence-corrected chi connectivity index (χ0v) is 10.7. The van der Waals surface area contributed by atoms with Gasteiger partial charge in [0.1, 0.15) is 24.1 Å². The Morgan fingerprint density at radius 1 is 1.11 bits per heavy atom. The quantitative estimate of drug-likeness (QED) is 0.781. The smallest absolute Gasteiger partial charge is 0.151 e. The lowest BCUT2D eigenvalue weighted by Gasteiger charge is -2.39. The summed E-state index contributed by atoms with van der Waals surface area (Å²) in [6.45, 7) is 2.71. The fourth-order valence-corrected chi connectivity index (χ4v) is 2.78. The Kier molecular flexibility index (Phi) is 2.21. The SMILES string of the molecule is Cc1ccc2c(c1)OC1c3ccccc3OCC1N2. The van der Waals surface area contributed by atoms with Gasteiger partial charge in [-0.2, -0.15) is 0 Å². The van der Waals surface area contributed by atoms with Crippen molar-refractivity contribution in [3.63, 3.8) is 0 Å². The minimum Gasteiger partial charge on any atom is -0.491 e. The summed E-state index contributed by atoms with van der Waals surface area (Å²) in [7, 11) is 0. The molecule has 2 aliphatic rings. The van der Waals surface area contributed by atoms with Crippen LogP contribution >= 0.6 is 0 Å². The van der Waals surface area contributed by atoms with E-state index in [1.807, 2.05) is 18.2 Å². The van der Waals surface area contributed by atoms with Gasteiger partial charge in [-0.15, -0.1) is 0 Å². The van der Waals surface area contributed by atoms with Crippen LogP contribution in [0.5, 0.6) is 11.5 Å². The summed E-state index contributed by atoms with van der Waals surface area (Å²) in [4.78, 5) is 0. The first-order valence-electron chi connectivity index (χ1n) is 6.57. The molecular weight excluding hydrogens is 238 g/mol. The Hall–Kier alpha value is -2.16. The molecule has 2 unspecified atom stereocenters. The largest absolute Gasteiger partial charge is 0.491 e. The highest BCUT2D eigenvalue weighted by molar-refractivity contribution is 5.61. The standard InChI is InChI=1S/C16H15NO2/c1-10-6-7-12-15(8-10)19-16-11-4-2-3-5-14(11)18-9-13(16)17-12/h2-8,13,16-17H,9H2,1H3. The van der Waals surface area contributed by atoms with Gasteiger partial charge in [0.2, 0.25) is 0 Å². The molecule has 0 saturated carbocycles. The van der Waals surface area contributed by atoms with Crippen LogP contribution in [0.2, 0.25) is 0 Å². The van der Waals surface area contributed by atoms with E-state index in [1.54, 1.807) is 0 Å². The van der Waals surface area contributed by atoms with Crippen molar-refractivity contribution in [1.82, 2.24) is 0 Å². The summed E-state index contributed by atoms with van der Waals surface area (Å²) in [5.74, 6) is 1.86. The van der Waals surface area contributed by atoms with Gasteiger partial charge in [0.05, 0.1) is 5.69 Å². The molecular formula is C16H15NO2. The highest BCUT2D eigenvalue weighted by atomic mass is 16.5. The van der Waals surface area contributed by atoms with Crippen LogP contribution < -0.4 is 14.8 Å². The average Bonchev–Trinajstić information content (AvgIpc) is 2.45. The summed E-state index contributed by atoms with van der Waals surface area (Å²) < 4.78 is 12.0. The molecule has 2 aliphatic heterocycles. The van der Waals surface area contributed by atoms with E-state index >= 15 is 0 Å². The molecule has 0 amide bonds. The summed E-state index contributed by atoms with van der Waals surface area (Å²) in [6.07, 6.45) is 0.0271. The van der Waals surface area contributed by atoms with E-state index in [2.05, 4.69) is 36.5 Å². The minimum atomic E-state index is 0.0271. The van der Waals surface area contributed by atoms with Crippen LogP contribution in [0.3, 0.4) is 0 Å². The first-order chi connectivity index (χ1) is 9.31. The molecule has 96 valence electrons. The van der Waals surface area contributed by atoms with Crippen LogP contribution in [0.25, 0.3) is 0 Å². The van der Waals surface area contributed by atoms with Crippen molar-refractivity contribution in [2.24, 2.45) is 0 Å². The van der Waals surface area contributed by atoms with Crippen LogP contribution in [0.1, 0.15) is 17.2 Å². The van der Waals surface area contributed by atoms with Crippen molar-refractivity contribution in [3.05, 3.63) is 53.6 Å². The Labute approximate surface area is 112 Å². The Morgan fingerprint density at radius 2 is 2.00 bits per heavy atom. The van der Waals surface area contributed by atoms with Crippen molar-refractivity contribution in [1.29, 1.82) is 0 Å². The molecule has 0 aliphatic carbocycles. The summed E-state index contributed by atoms with van der Waals surface area (Å²) in [5.41, 5.74) is 3.38. The van der Waals surface area contributed by atoms with Crippen molar-refractivity contribution in [3.8, 4) is 11.5 Å². The molecule has 4 rings (SSSR count). The van der Waals surface area contributed by atoms with Gasteiger partial charge in [-0.25, -0.2) is 0 Å². The molecule has 0 radical (unpaired) electrons. The zero-order valence-electron chi connectivity index (χ0n) is 10.7. The molecule has 3 nitrogen and oxygen atoms in total. The van der Waals surface area contributed by atoms with E-state index in [0.29, 0.717) is 6.61 Å². The Bertz CT molecular complexity index is 638. The van der Waals surface area contributed by atoms with Gasteiger partial charge in [0.15, 0.2) is 6.10 Å². The Balaban J connectivity index is 1.78. The predicted molar refractivity (Wildman–Crippen MR) is 73.9 cm³/mol. The predicted octanol–water partition coefficient (Wildman–Crippen LogP) is 3.30. The van der Waals surface area contributed by atoms with Gasteiger partial charge < -0.3 is 14.8 Å². The maximum absolute atomic E-state index is 6.20. The van der Waals surface area contributed by atoms with Crippen LogP contribution in [0.4, 0.5) is 5.69 Å². The number of hydrogen-bond acceptors (Lipinski definition) is 3. The molecule has 0 bridgehead atoms. The Morgan fingerprint density at radius 3 is 2.95 bits per heavy atom. The molecule has 2 aromatic carbocycles. The summed E-state index contributed by atoms with van der Waals surface area (Å²) in [6, 6.07) is 14.5. The maximum Gasteiger partial charge on any atom is 0.151 e. The van der Waals surface area contributed by atoms with E-state index in [4.69, 9.17) is 9.47 Å². The van der Waals surface area contributed by atoms with Crippen LogP contribution in [-0.2, 0) is 0 Å². The topological polar surface area (TPSA) is 30.5 Å². The molecule has 2 aromatic rings. The monoisotopic (exact) mass is 253 g/mol. The molecule has 19 heavy (non-hydrogen) atoms. The number of fused-ring (bicyclic) bond motifs is 4. The highest BCUT2D eigenvalue weighted by Crippen LogP contribution is 2.42. The third-order valence-electron chi connectivity index (χ3n) is 3.74. The maximum atomic E-state index is 6.20. The number of anilines is 1. The molecule has 0 spiro atoms. The van der Waals surface area contributed by atoms with Crippen molar-refractivity contribution < 1.29 is 9.47 Å². The van der Waals surface area contributed by atoms with Crippen molar-refractivity contribution in [2.75, 3.05) is 11.9 Å². The van der Waals surface area contributed by atoms with E-state index in [-0.39, 0.29) is 12.1 Å². The number of benzene rings is 2. The fraction of sp³-hybridized carbons (Fsp3) is 0.250.